The molecule has 0 aliphatic carbocycles. The van der Waals surface area contributed by atoms with Crippen LogP contribution in [0.15, 0.2) is 0 Å². The van der Waals surface area contributed by atoms with Crippen LogP contribution in [-0.2, 0) is 4.79 Å². The molecule has 1 saturated heterocycles. The molecular formula is C14H29N3O. The van der Waals surface area contributed by atoms with E-state index in [1.165, 1.54) is 0 Å². The van der Waals surface area contributed by atoms with Crippen LogP contribution in [0.25, 0.3) is 0 Å². The van der Waals surface area contributed by atoms with Gasteiger partial charge >= 0.3 is 0 Å². The first-order valence-corrected chi connectivity index (χ1v) is 7.36. The van der Waals surface area contributed by atoms with Crippen molar-refractivity contribution in [2.75, 3.05) is 19.6 Å². The Morgan fingerprint density at radius 2 is 1.89 bits per heavy atom. The van der Waals surface area contributed by atoms with E-state index >= 15 is 0 Å². The first-order valence-electron chi connectivity index (χ1n) is 7.36. The van der Waals surface area contributed by atoms with Crippen molar-refractivity contribution >= 4 is 5.91 Å². The van der Waals surface area contributed by atoms with Crippen molar-refractivity contribution in [3.05, 3.63) is 0 Å². The van der Waals surface area contributed by atoms with E-state index in [0.29, 0.717) is 12.0 Å². The van der Waals surface area contributed by atoms with Gasteiger partial charge in [-0.2, -0.15) is 0 Å². The Labute approximate surface area is 111 Å². The minimum absolute atomic E-state index is 0.00988. The smallest absolute Gasteiger partial charge is 0.237 e. The third kappa shape index (κ3) is 4.25. The summed E-state index contributed by atoms with van der Waals surface area (Å²) in [5.74, 6) is 0.824. The average molecular weight is 255 g/mol. The monoisotopic (exact) mass is 255 g/mol. The molecule has 1 rings (SSSR count). The summed E-state index contributed by atoms with van der Waals surface area (Å²) in [4.78, 5) is 14.4. The Morgan fingerprint density at radius 3 is 2.33 bits per heavy atom. The third-order valence-corrected chi connectivity index (χ3v) is 4.24. The molecule has 1 unspecified atom stereocenters. The number of nitrogens with zero attached hydrogens (tertiary/aromatic N) is 1. The molecule has 0 aromatic heterocycles. The molecule has 1 atom stereocenters. The van der Waals surface area contributed by atoms with Crippen LogP contribution in [0.2, 0.25) is 0 Å². The van der Waals surface area contributed by atoms with Crippen LogP contribution >= 0.6 is 0 Å². The molecule has 1 aliphatic heterocycles. The summed E-state index contributed by atoms with van der Waals surface area (Å²) in [5, 5.41) is 3.13. The summed E-state index contributed by atoms with van der Waals surface area (Å²) in [6.45, 7) is 9.03. The van der Waals surface area contributed by atoms with E-state index in [9.17, 15) is 4.79 Å². The Kier molecular flexibility index (Phi) is 6.65. The topological polar surface area (TPSA) is 58.4 Å². The number of nitrogens with one attached hydrogen (secondary N) is 1. The number of piperidine rings is 1. The third-order valence-electron chi connectivity index (χ3n) is 4.24. The van der Waals surface area contributed by atoms with Crippen molar-refractivity contribution in [1.29, 1.82) is 0 Å². The van der Waals surface area contributed by atoms with E-state index in [4.69, 9.17) is 5.73 Å². The van der Waals surface area contributed by atoms with Gasteiger partial charge in [0.15, 0.2) is 0 Å². The van der Waals surface area contributed by atoms with Gasteiger partial charge in [-0.1, -0.05) is 13.8 Å². The number of carbonyl (C=O) groups is 1. The first kappa shape index (κ1) is 15.4. The van der Waals surface area contributed by atoms with Crippen LogP contribution in [-0.4, -0.2) is 42.5 Å². The molecule has 18 heavy (non-hydrogen) atoms. The van der Waals surface area contributed by atoms with Crippen LogP contribution in [0.4, 0.5) is 0 Å². The lowest BCUT2D eigenvalue weighted by atomic mass is 9.96. The highest BCUT2D eigenvalue weighted by atomic mass is 16.2. The molecule has 3 N–H and O–H groups in total. The first-order chi connectivity index (χ1) is 8.62. The second kappa shape index (κ2) is 7.74. The van der Waals surface area contributed by atoms with Crippen molar-refractivity contribution in [2.45, 2.75) is 58.5 Å². The maximum Gasteiger partial charge on any atom is 0.237 e. The normalized spacial score (nSPS) is 20.1. The Balaban J connectivity index is 2.39. The van der Waals surface area contributed by atoms with Gasteiger partial charge in [0.2, 0.25) is 5.91 Å². The van der Waals surface area contributed by atoms with Crippen LogP contribution < -0.4 is 11.1 Å². The van der Waals surface area contributed by atoms with Gasteiger partial charge in [0.1, 0.15) is 0 Å². The van der Waals surface area contributed by atoms with Gasteiger partial charge in [0.25, 0.3) is 0 Å². The predicted molar refractivity (Wildman–Crippen MR) is 75.3 cm³/mol. The number of amides is 1. The van der Waals surface area contributed by atoms with Crippen molar-refractivity contribution in [2.24, 2.45) is 11.7 Å². The lowest BCUT2D eigenvalue weighted by molar-refractivity contribution is -0.127. The summed E-state index contributed by atoms with van der Waals surface area (Å²) >= 11 is 0. The van der Waals surface area contributed by atoms with Crippen LogP contribution in [0.1, 0.15) is 46.5 Å². The van der Waals surface area contributed by atoms with Gasteiger partial charge in [0.05, 0.1) is 6.04 Å². The zero-order chi connectivity index (χ0) is 13.5. The maximum atomic E-state index is 12.1. The van der Waals surface area contributed by atoms with E-state index in [-0.39, 0.29) is 11.9 Å². The van der Waals surface area contributed by atoms with Crippen molar-refractivity contribution in [3.63, 3.8) is 0 Å². The molecule has 0 aromatic rings. The van der Waals surface area contributed by atoms with Gasteiger partial charge in [-0.25, -0.2) is 0 Å². The minimum atomic E-state index is -0.00988. The van der Waals surface area contributed by atoms with Gasteiger partial charge in [-0.05, 0) is 58.2 Å². The van der Waals surface area contributed by atoms with E-state index in [0.717, 1.165) is 45.3 Å². The molecule has 0 radical (unpaired) electrons. The zero-order valence-electron chi connectivity index (χ0n) is 12.1. The van der Waals surface area contributed by atoms with Crippen molar-refractivity contribution in [3.8, 4) is 0 Å². The molecule has 1 heterocycles. The van der Waals surface area contributed by atoms with Crippen LogP contribution in [0.3, 0.4) is 0 Å². The van der Waals surface area contributed by atoms with Crippen molar-refractivity contribution < 1.29 is 4.79 Å². The van der Waals surface area contributed by atoms with Crippen molar-refractivity contribution in [1.82, 2.24) is 10.2 Å². The number of likely N-dealkylation sites (tertiary alicyclic amines) is 1. The van der Waals surface area contributed by atoms with Crippen LogP contribution in [0.5, 0.6) is 0 Å². The van der Waals surface area contributed by atoms with Gasteiger partial charge in [-0.3, -0.25) is 9.69 Å². The summed E-state index contributed by atoms with van der Waals surface area (Å²) in [5.41, 5.74) is 5.69. The molecule has 0 aromatic carbocycles. The number of nitrogens with two attached hydrogens (primary N) is 1. The summed E-state index contributed by atoms with van der Waals surface area (Å²) < 4.78 is 0. The molecule has 0 bridgehead atoms. The maximum absolute atomic E-state index is 12.1. The highest BCUT2D eigenvalue weighted by Gasteiger charge is 2.26. The number of carbonyl (C=O) groups excluding carboxylic acids is 1. The number of rotatable bonds is 6. The zero-order valence-corrected chi connectivity index (χ0v) is 12.1. The molecular weight excluding hydrogens is 226 g/mol. The van der Waals surface area contributed by atoms with Gasteiger partial charge in [-0.15, -0.1) is 0 Å². The standard InChI is InChI=1S/C14H29N3O/c1-4-13(5-2)16-14(18)11(3)17-8-6-12(10-15)7-9-17/h11-13H,4-10,15H2,1-3H3,(H,16,18). The summed E-state index contributed by atoms with van der Waals surface area (Å²) in [6, 6.07) is 0.311. The highest BCUT2D eigenvalue weighted by molar-refractivity contribution is 5.81. The SMILES string of the molecule is CCC(CC)NC(=O)C(C)N1CCC(CN)CC1. The predicted octanol–water partition coefficient (Wildman–Crippen LogP) is 1.35. The minimum Gasteiger partial charge on any atom is -0.352 e. The largest absolute Gasteiger partial charge is 0.352 e. The van der Waals surface area contributed by atoms with Gasteiger partial charge in [0, 0.05) is 6.04 Å². The number of hydrogen-bond donors (Lipinski definition) is 2. The van der Waals surface area contributed by atoms with E-state index in [1.54, 1.807) is 0 Å². The fourth-order valence-corrected chi connectivity index (χ4v) is 2.56. The second-order valence-corrected chi connectivity index (χ2v) is 5.41. The molecule has 1 amide bonds. The Bertz CT molecular complexity index is 245. The average Bonchev–Trinajstić information content (AvgIpc) is 2.43. The molecule has 4 nitrogen and oxygen atoms in total. The van der Waals surface area contributed by atoms with E-state index < -0.39 is 0 Å². The molecule has 0 spiro atoms. The lowest BCUT2D eigenvalue weighted by Crippen LogP contribution is -2.50. The quantitative estimate of drug-likeness (QED) is 0.753. The fraction of sp³-hybridized carbons (Fsp3) is 0.929. The highest BCUT2D eigenvalue weighted by Crippen LogP contribution is 2.18. The van der Waals surface area contributed by atoms with Gasteiger partial charge < -0.3 is 11.1 Å². The second-order valence-electron chi connectivity index (χ2n) is 5.41. The molecule has 0 saturated carbocycles. The lowest BCUT2D eigenvalue weighted by Gasteiger charge is -2.35. The molecule has 1 aliphatic rings. The molecule has 106 valence electrons. The van der Waals surface area contributed by atoms with Crippen LogP contribution in [0, 0.1) is 5.92 Å². The van der Waals surface area contributed by atoms with E-state index in [1.807, 2.05) is 6.92 Å². The Hall–Kier alpha value is -0.610. The number of hydrogen-bond acceptors (Lipinski definition) is 3. The summed E-state index contributed by atoms with van der Waals surface area (Å²) in [7, 11) is 0. The Morgan fingerprint density at radius 1 is 1.33 bits per heavy atom. The summed E-state index contributed by atoms with van der Waals surface area (Å²) in [6.07, 6.45) is 4.26. The fourth-order valence-electron chi connectivity index (χ4n) is 2.56. The molecule has 4 heteroatoms. The van der Waals surface area contributed by atoms with E-state index in [2.05, 4.69) is 24.1 Å². The molecule has 1 fully saturated rings.